The molecule has 0 aromatic heterocycles. The van der Waals surface area contributed by atoms with E-state index >= 15 is 0 Å². The van der Waals surface area contributed by atoms with Crippen molar-refractivity contribution in [2.45, 2.75) is 25.4 Å². The zero-order valence-electron chi connectivity index (χ0n) is 16.7. The molecule has 3 rings (SSSR count). The van der Waals surface area contributed by atoms with Gasteiger partial charge >= 0.3 is 0 Å². The zero-order chi connectivity index (χ0) is 20.9. The fraction of sp³-hybridized carbons (Fsp3) is 0.435. The first kappa shape index (κ1) is 21.4. The molecular formula is C23H28FNO4. The Morgan fingerprint density at radius 1 is 1.24 bits per heavy atom. The quantitative estimate of drug-likeness (QED) is 0.700. The first-order chi connectivity index (χ1) is 14.0. The van der Waals surface area contributed by atoms with Crippen LogP contribution in [0, 0.1) is 11.2 Å². The van der Waals surface area contributed by atoms with Crippen molar-refractivity contribution < 1.29 is 24.1 Å². The molecule has 0 saturated carbocycles. The summed E-state index contributed by atoms with van der Waals surface area (Å²) >= 11 is 0. The summed E-state index contributed by atoms with van der Waals surface area (Å²) < 4.78 is 19.1. The van der Waals surface area contributed by atoms with E-state index in [1.165, 1.54) is 6.07 Å². The van der Waals surface area contributed by atoms with E-state index in [0.717, 1.165) is 0 Å². The van der Waals surface area contributed by atoms with Gasteiger partial charge in [0.05, 0.1) is 12.7 Å². The molecule has 1 fully saturated rings. The molecule has 0 unspecified atom stereocenters. The molecule has 6 heteroatoms. The number of piperidine rings is 1. The molecule has 2 N–H and O–H groups in total. The number of rotatable bonds is 7. The highest BCUT2D eigenvalue weighted by Crippen LogP contribution is 2.35. The molecule has 2 aromatic carbocycles. The van der Waals surface area contributed by atoms with Crippen LogP contribution in [0.3, 0.4) is 0 Å². The summed E-state index contributed by atoms with van der Waals surface area (Å²) in [6, 6.07) is 13.4. The van der Waals surface area contributed by atoms with Crippen molar-refractivity contribution >= 4 is 5.91 Å². The highest BCUT2D eigenvalue weighted by Gasteiger charge is 2.43. The number of benzene rings is 2. The third-order valence-corrected chi connectivity index (χ3v) is 5.83. The van der Waals surface area contributed by atoms with Crippen molar-refractivity contribution in [1.82, 2.24) is 4.90 Å². The van der Waals surface area contributed by atoms with Gasteiger partial charge < -0.3 is 19.8 Å². The van der Waals surface area contributed by atoms with Crippen LogP contribution in [0.25, 0.3) is 11.1 Å². The molecule has 0 bridgehead atoms. The molecule has 2 atom stereocenters. The van der Waals surface area contributed by atoms with E-state index in [-0.39, 0.29) is 18.3 Å². The topological polar surface area (TPSA) is 70.0 Å². The number of ether oxygens (including phenoxy) is 1. The number of aliphatic hydroxyl groups excluding tert-OH is 2. The Morgan fingerprint density at radius 2 is 1.97 bits per heavy atom. The van der Waals surface area contributed by atoms with E-state index in [1.54, 1.807) is 54.5 Å². The van der Waals surface area contributed by atoms with Crippen LogP contribution in [-0.4, -0.2) is 60.5 Å². The lowest BCUT2D eigenvalue weighted by molar-refractivity contribution is -0.0745. The standard InChI is InChI=1S/C23H28FNO4/c1-29-14-4-12-23(16-26)15-25(13-11-21(23)27)22(28)18-9-7-17(8-10-18)19-5-2-3-6-20(19)24/h2-3,5-10,21,26-27H,4,11-16H2,1H3/t21-,23+/m1/s1. The minimum Gasteiger partial charge on any atom is -0.396 e. The molecule has 0 radical (unpaired) electrons. The molecular weight excluding hydrogens is 373 g/mol. The van der Waals surface area contributed by atoms with E-state index in [9.17, 15) is 19.4 Å². The second-order valence-corrected chi connectivity index (χ2v) is 7.71. The van der Waals surface area contributed by atoms with Crippen LogP contribution in [0.1, 0.15) is 29.6 Å². The van der Waals surface area contributed by atoms with Gasteiger partial charge in [-0.05, 0) is 43.0 Å². The lowest BCUT2D eigenvalue weighted by atomic mass is 9.74. The number of nitrogens with zero attached hydrogens (tertiary/aromatic N) is 1. The number of carbonyl (C=O) groups is 1. The molecule has 1 amide bonds. The summed E-state index contributed by atoms with van der Waals surface area (Å²) in [6.07, 6.45) is 1.05. The Hall–Kier alpha value is -2.28. The number of hydrogen-bond acceptors (Lipinski definition) is 4. The summed E-state index contributed by atoms with van der Waals surface area (Å²) in [7, 11) is 1.61. The SMILES string of the molecule is COCCC[C@@]1(CO)CN(C(=O)c2ccc(-c3ccccc3F)cc2)CC[C@H]1O. The number of carbonyl (C=O) groups excluding carboxylic acids is 1. The molecule has 0 aliphatic carbocycles. The van der Waals surface area contributed by atoms with Gasteiger partial charge in [-0.1, -0.05) is 30.3 Å². The lowest BCUT2D eigenvalue weighted by Gasteiger charge is -2.45. The van der Waals surface area contributed by atoms with Crippen molar-refractivity contribution in [3.63, 3.8) is 0 Å². The normalized spacial score (nSPS) is 21.9. The predicted octanol–water partition coefficient (Wildman–Crippen LogP) is 3.10. The van der Waals surface area contributed by atoms with Gasteiger partial charge in [-0.2, -0.15) is 0 Å². The van der Waals surface area contributed by atoms with Gasteiger partial charge in [0.25, 0.3) is 5.91 Å². The van der Waals surface area contributed by atoms with Gasteiger partial charge in [0.15, 0.2) is 0 Å². The van der Waals surface area contributed by atoms with Crippen LogP contribution in [0.15, 0.2) is 48.5 Å². The monoisotopic (exact) mass is 401 g/mol. The third kappa shape index (κ3) is 4.66. The summed E-state index contributed by atoms with van der Waals surface area (Å²) in [4.78, 5) is 14.7. The molecule has 29 heavy (non-hydrogen) atoms. The maximum atomic E-state index is 14.0. The fourth-order valence-corrected chi connectivity index (χ4v) is 4.04. The second kappa shape index (κ2) is 9.48. The van der Waals surface area contributed by atoms with Crippen LogP contribution < -0.4 is 0 Å². The van der Waals surface area contributed by atoms with Crippen molar-refractivity contribution in [2.24, 2.45) is 5.41 Å². The van der Waals surface area contributed by atoms with E-state index in [2.05, 4.69) is 0 Å². The minimum absolute atomic E-state index is 0.151. The molecule has 1 aliphatic heterocycles. The summed E-state index contributed by atoms with van der Waals surface area (Å²) in [5.74, 6) is -0.457. The van der Waals surface area contributed by atoms with Gasteiger partial charge in [-0.25, -0.2) is 4.39 Å². The lowest BCUT2D eigenvalue weighted by Crippen LogP contribution is -2.55. The van der Waals surface area contributed by atoms with Gasteiger partial charge in [0, 0.05) is 43.3 Å². The maximum absolute atomic E-state index is 14.0. The molecule has 2 aromatic rings. The van der Waals surface area contributed by atoms with E-state index in [4.69, 9.17) is 4.74 Å². The number of halogens is 1. The van der Waals surface area contributed by atoms with E-state index in [0.29, 0.717) is 55.6 Å². The van der Waals surface area contributed by atoms with Crippen LogP contribution in [0.2, 0.25) is 0 Å². The Morgan fingerprint density at radius 3 is 2.62 bits per heavy atom. The number of hydrogen-bond donors (Lipinski definition) is 2. The number of likely N-dealkylation sites (tertiary alicyclic amines) is 1. The maximum Gasteiger partial charge on any atom is 0.253 e. The Bertz CT molecular complexity index is 826. The summed E-state index contributed by atoms with van der Waals surface area (Å²) in [6.45, 7) is 1.08. The first-order valence-corrected chi connectivity index (χ1v) is 9.93. The number of aliphatic hydroxyl groups is 2. The van der Waals surface area contributed by atoms with Crippen molar-refractivity contribution in [2.75, 3.05) is 33.4 Å². The van der Waals surface area contributed by atoms with E-state index < -0.39 is 11.5 Å². The first-order valence-electron chi connectivity index (χ1n) is 9.93. The van der Waals surface area contributed by atoms with Crippen LogP contribution in [-0.2, 0) is 4.74 Å². The predicted molar refractivity (Wildman–Crippen MR) is 109 cm³/mol. The van der Waals surface area contributed by atoms with Gasteiger partial charge in [-0.3, -0.25) is 4.79 Å². The highest BCUT2D eigenvalue weighted by molar-refractivity contribution is 5.94. The zero-order valence-corrected chi connectivity index (χ0v) is 16.7. The molecule has 1 aliphatic rings. The minimum atomic E-state index is -0.737. The number of methoxy groups -OCH3 is 1. The Balaban J connectivity index is 1.75. The summed E-state index contributed by atoms with van der Waals surface area (Å²) in [5, 5.41) is 20.5. The van der Waals surface area contributed by atoms with Crippen LogP contribution in [0.4, 0.5) is 4.39 Å². The molecule has 156 valence electrons. The smallest absolute Gasteiger partial charge is 0.253 e. The summed E-state index contributed by atoms with van der Waals surface area (Å²) in [5.41, 5.74) is 0.966. The molecule has 1 heterocycles. The van der Waals surface area contributed by atoms with Crippen LogP contribution >= 0.6 is 0 Å². The second-order valence-electron chi connectivity index (χ2n) is 7.71. The van der Waals surface area contributed by atoms with Gasteiger partial charge in [0.1, 0.15) is 5.82 Å². The fourth-order valence-electron chi connectivity index (χ4n) is 4.04. The average Bonchev–Trinajstić information content (AvgIpc) is 2.75. The Labute approximate surface area is 170 Å². The van der Waals surface area contributed by atoms with E-state index in [1.807, 2.05) is 0 Å². The Kier molecular flexibility index (Phi) is 7.00. The largest absolute Gasteiger partial charge is 0.396 e. The van der Waals surface area contributed by atoms with Crippen LogP contribution in [0.5, 0.6) is 0 Å². The van der Waals surface area contributed by atoms with Gasteiger partial charge in [-0.15, -0.1) is 0 Å². The average molecular weight is 401 g/mol. The van der Waals surface area contributed by atoms with Gasteiger partial charge in [0.2, 0.25) is 0 Å². The number of amides is 1. The van der Waals surface area contributed by atoms with Crippen molar-refractivity contribution in [1.29, 1.82) is 0 Å². The molecule has 1 saturated heterocycles. The van der Waals surface area contributed by atoms with Crippen molar-refractivity contribution in [3.05, 3.63) is 59.9 Å². The highest BCUT2D eigenvalue weighted by atomic mass is 19.1. The van der Waals surface area contributed by atoms with Crippen molar-refractivity contribution in [3.8, 4) is 11.1 Å². The molecule has 5 nitrogen and oxygen atoms in total. The third-order valence-electron chi connectivity index (χ3n) is 5.83. The molecule has 0 spiro atoms.